The maximum atomic E-state index is 12.9. The first-order valence-electron chi connectivity index (χ1n) is 5.83. The van der Waals surface area contributed by atoms with E-state index in [0.717, 1.165) is 5.56 Å². The van der Waals surface area contributed by atoms with Crippen LogP contribution in [0.2, 0.25) is 0 Å². The summed E-state index contributed by atoms with van der Waals surface area (Å²) in [5, 5.41) is 2.74. The SMILES string of the molecule is CCC(N)(CC)C(=O)NCc1cccc(F)c1. The van der Waals surface area contributed by atoms with Gasteiger partial charge in [-0.1, -0.05) is 26.0 Å². The van der Waals surface area contributed by atoms with Crippen molar-refractivity contribution in [1.29, 1.82) is 0 Å². The molecular formula is C13H19FN2O. The maximum absolute atomic E-state index is 12.9. The molecule has 3 nitrogen and oxygen atoms in total. The standard InChI is InChI=1S/C13H19FN2O/c1-3-13(15,4-2)12(17)16-9-10-6-5-7-11(14)8-10/h5-8H,3-4,9,15H2,1-2H3,(H,16,17). The van der Waals surface area contributed by atoms with Crippen LogP contribution in [0.3, 0.4) is 0 Å². The quantitative estimate of drug-likeness (QED) is 0.824. The zero-order valence-corrected chi connectivity index (χ0v) is 10.3. The smallest absolute Gasteiger partial charge is 0.240 e. The molecule has 0 aromatic heterocycles. The fourth-order valence-electron chi connectivity index (χ4n) is 1.58. The molecule has 0 aliphatic carbocycles. The fourth-order valence-corrected chi connectivity index (χ4v) is 1.58. The number of carbonyl (C=O) groups excluding carboxylic acids is 1. The number of amides is 1. The molecule has 17 heavy (non-hydrogen) atoms. The monoisotopic (exact) mass is 238 g/mol. The van der Waals surface area contributed by atoms with Gasteiger partial charge in [0.2, 0.25) is 5.91 Å². The maximum Gasteiger partial charge on any atom is 0.240 e. The lowest BCUT2D eigenvalue weighted by atomic mass is 9.93. The lowest BCUT2D eigenvalue weighted by molar-refractivity contribution is -0.126. The number of nitrogens with two attached hydrogens (primary N) is 1. The van der Waals surface area contributed by atoms with E-state index in [2.05, 4.69) is 5.32 Å². The second-order valence-electron chi connectivity index (χ2n) is 4.18. The molecule has 0 saturated heterocycles. The molecule has 0 aliphatic heterocycles. The van der Waals surface area contributed by atoms with E-state index >= 15 is 0 Å². The van der Waals surface area contributed by atoms with Crippen LogP contribution in [-0.2, 0) is 11.3 Å². The minimum absolute atomic E-state index is 0.188. The van der Waals surface area contributed by atoms with Gasteiger partial charge in [0.15, 0.2) is 0 Å². The summed E-state index contributed by atoms with van der Waals surface area (Å²) < 4.78 is 12.9. The Hall–Kier alpha value is -1.42. The molecule has 1 aromatic carbocycles. The molecule has 0 radical (unpaired) electrons. The highest BCUT2D eigenvalue weighted by Gasteiger charge is 2.29. The van der Waals surface area contributed by atoms with Crippen molar-refractivity contribution >= 4 is 5.91 Å². The fraction of sp³-hybridized carbons (Fsp3) is 0.462. The molecule has 0 unspecified atom stereocenters. The van der Waals surface area contributed by atoms with Crippen molar-refractivity contribution in [3.05, 3.63) is 35.6 Å². The second kappa shape index (κ2) is 5.77. The minimum Gasteiger partial charge on any atom is -0.350 e. The van der Waals surface area contributed by atoms with E-state index < -0.39 is 5.54 Å². The van der Waals surface area contributed by atoms with E-state index in [1.54, 1.807) is 12.1 Å². The molecule has 0 atom stereocenters. The molecule has 0 heterocycles. The predicted molar refractivity (Wildman–Crippen MR) is 65.7 cm³/mol. The van der Waals surface area contributed by atoms with Crippen molar-refractivity contribution in [1.82, 2.24) is 5.32 Å². The highest BCUT2D eigenvalue weighted by molar-refractivity contribution is 5.85. The lowest BCUT2D eigenvalue weighted by Crippen LogP contribution is -2.52. The number of halogens is 1. The predicted octanol–water partition coefficient (Wildman–Crippen LogP) is 1.96. The van der Waals surface area contributed by atoms with Crippen LogP contribution in [0.1, 0.15) is 32.3 Å². The van der Waals surface area contributed by atoms with E-state index in [1.807, 2.05) is 13.8 Å². The summed E-state index contributed by atoms with van der Waals surface area (Å²) in [4.78, 5) is 11.9. The van der Waals surface area contributed by atoms with Crippen LogP contribution in [0.15, 0.2) is 24.3 Å². The molecule has 94 valence electrons. The Morgan fingerprint density at radius 2 is 2.06 bits per heavy atom. The third-order valence-corrected chi connectivity index (χ3v) is 3.06. The lowest BCUT2D eigenvalue weighted by Gasteiger charge is -2.25. The van der Waals surface area contributed by atoms with Crippen LogP contribution < -0.4 is 11.1 Å². The van der Waals surface area contributed by atoms with Crippen molar-refractivity contribution in [2.45, 2.75) is 38.8 Å². The van der Waals surface area contributed by atoms with Crippen molar-refractivity contribution in [2.24, 2.45) is 5.73 Å². The summed E-state index contributed by atoms with van der Waals surface area (Å²) in [6, 6.07) is 6.15. The second-order valence-corrected chi connectivity index (χ2v) is 4.18. The van der Waals surface area contributed by atoms with Gasteiger partial charge < -0.3 is 11.1 Å². The van der Waals surface area contributed by atoms with Crippen molar-refractivity contribution in [3.8, 4) is 0 Å². The molecule has 1 rings (SSSR count). The molecular weight excluding hydrogens is 219 g/mol. The average Bonchev–Trinajstić information content (AvgIpc) is 2.35. The number of rotatable bonds is 5. The Morgan fingerprint density at radius 1 is 1.41 bits per heavy atom. The van der Waals surface area contributed by atoms with Gasteiger partial charge in [-0.3, -0.25) is 4.79 Å². The summed E-state index contributed by atoms with van der Waals surface area (Å²) in [6.07, 6.45) is 1.16. The Kier molecular flexibility index (Phi) is 4.63. The summed E-state index contributed by atoms with van der Waals surface area (Å²) in [5.41, 5.74) is 5.85. The van der Waals surface area contributed by atoms with Gasteiger partial charge >= 0.3 is 0 Å². The van der Waals surface area contributed by atoms with Crippen molar-refractivity contribution < 1.29 is 9.18 Å². The van der Waals surface area contributed by atoms with E-state index in [9.17, 15) is 9.18 Å². The van der Waals surface area contributed by atoms with Crippen LogP contribution in [0.5, 0.6) is 0 Å². The highest BCUT2D eigenvalue weighted by Crippen LogP contribution is 2.11. The highest BCUT2D eigenvalue weighted by atomic mass is 19.1. The Bertz CT molecular complexity index is 389. The summed E-state index contributed by atoms with van der Waals surface area (Å²) in [6.45, 7) is 4.06. The molecule has 0 bridgehead atoms. The summed E-state index contributed by atoms with van der Waals surface area (Å²) in [5.74, 6) is -0.492. The molecule has 0 aliphatic rings. The van der Waals surface area contributed by atoms with Crippen molar-refractivity contribution in [2.75, 3.05) is 0 Å². The Morgan fingerprint density at radius 3 is 2.59 bits per heavy atom. The van der Waals surface area contributed by atoms with Gasteiger partial charge in [-0.2, -0.15) is 0 Å². The minimum atomic E-state index is -0.826. The molecule has 0 saturated carbocycles. The number of carbonyl (C=O) groups is 1. The van der Waals surface area contributed by atoms with E-state index in [0.29, 0.717) is 19.4 Å². The van der Waals surface area contributed by atoms with Crippen LogP contribution >= 0.6 is 0 Å². The topological polar surface area (TPSA) is 55.1 Å². The molecule has 0 spiro atoms. The van der Waals surface area contributed by atoms with Gasteiger partial charge in [-0.25, -0.2) is 4.39 Å². The zero-order chi connectivity index (χ0) is 12.9. The molecule has 4 heteroatoms. The number of hydrogen-bond acceptors (Lipinski definition) is 2. The van der Waals surface area contributed by atoms with Gasteiger partial charge in [-0.15, -0.1) is 0 Å². The van der Waals surface area contributed by atoms with Crippen LogP contribution in [-0.4, -0.2) is 11.4 Å². The zero-order valence-electron chi connectivity index (χ0n) is 10.3. The van der Waals surface area contributed by atoms with Crippen LogP contribution in [0, 0.1) is 5.82 Å². The largest absolute Gasteiger partial charge is 0.350 e. The van der Waals surface area contributed by atoms with E-state index in [-0.39, 0.29) is 11.7 Å². The first-order chi connectivity index (χ1) is 8.01. The third kappa shape index (κ3) is 3.53. The summed E-state index contributed by atoms with van der Waals surface area (Å²) in [7, 11) is 0. The molecule has 1 aromatic rings. The number of benzene rings is 1. The van der Waals surface area contributed by atoms with Crippen LogP contribution in [0.4, 0.5) is 4.39 Å². The molecule has 3 N–H and O–H groups in total. The number of hydrogen-bond donors (Lipinski definition) is 2. The number of nitrogens with one attached hydrogen (secondary N) is 1. The summed E-state index contributed by atoms with van der Waals surface area (Å²) >= 11 is 0. The molecule has 0 fully saturated rings. The van der Waals surface area contributed by atoms with Gasteiger partial charge in [0.1, 0.15) is 5.82 Å². The third-order valence-electron chi connectivity index (χ3n) is 3.06. The molecule has 1 amide bonds. The Balaban J connectivity index is 2.59. The van der Waals surface area contributed by atoms with Gasteiger partial charge in [0.25, 0.3) is 0 Å². The average molecular weight is 238 g/mol. The van der Waals surface area contributed by atoms with Crippen LogP contribution in [0.25, 0.3) is 0 Å². The van der Waals surface area contributed by atoms with E-state index in [4.69, 9.17) is 5.73 Å². The van der Waals surface area contributed by atoms with Crippen molar-refractivity contribution in [3.63, 3.8) is 0 Å². The first-order valence-corrected chi connectivity index (χ1v) is 5.83. The normalized spacial score (nSPS) is 11.3. The van der Waals surface area contributed by atoms with E-state index in [1.165, 1.54) is 12.1 Å². The van der Waals surface area contributed by atoms with Gasteiger partial charge in [-0.05, 0) is 30.5 Å². The van der Waals surface area contributed by atoms with Gasteiger partial charge in [0.05, 0.1) is 5.54 Å². The van der Waals surface area contributed by atoms with Gasteiger partial charge in [0, 0.05) is 6.54 Å². The first kappa shape index (κ1) is 13.6. The Labute approximate surface area is 101 Å².